The number of carbonyl (C=O) groups is 1. The molecule has 1 aliphatic rings. The molecule has 8 heteroatoms. The fourth-order valence-corrected chi connectivity index (χ4v) is 3.07. The van der Waals surface area contributed by atoms with Gasteiger partial charge in [-0.05, 0) is 44.6 Å². The second-order valence-corrected chi connectivity index (χ2v) is 7.49. The summed E-state index contributed by atoms with van der Waals surface area (Å²) < 4.78 is 22.5. The first-order valence-electron chi connectivity index (χ1n) is 7.64. The van der Waals surface area contributed by atoms with Gasteiger partial charge in [0.05, 0.1) is 10.9 Å². The summed E-state index contributed by atoms with van der Waals surface area (Å²) in [5.41, 5.74) is 0.831. The molecule has 7 nitrogen and oxygen atoms in total. The highest BCUT2D eigenvalue weighted by atomic mass is 32.2. The molecule has 128 valence electrons. The number of benzene rings is 1. The van der Waals surface area contributed by atoms with Gasteiger partial charge in [0, 0.05) is 19.6 Å². The van der Waals surface area contributed by atoms with Crippen molar-refractivity contribution in [3.8, 4) is 0 Å². The topological polar surface area (TPSA) is 95.7 Å². The first kappa shape index (κ1) is 17.7. The maximum atomic E-state index is 12.3. The second kappa shape index (κ2) is 7.29. The van der Waals surface area contributed by atoms with Gasteiger partial charge in [-0.25, -0.2) is 18.4 Å². The molecule has 1 aromatic rings. The van der Waals surface area contributed by atoms with Crippen LogP contribution in [-0.4, -0.2) is 57.5 Å². The maximum absolute atomic E-state index is 12.3. The van der Waals surface area contributed by atoms with Crippen LogP contribution in [0.4, 0.5) is 4.79 Å². The number of nitrogens with zero attached hydrogens (tertiary/aromatic N) is 2. The van der Waals surface area contributed by atoms with Gasteiger partial charge in [0.1, 0.15) is 0 Å². The smallest absolute Gasteiger partial charge is 0.317 e. The maximum Gasteiger partial charge on any atom is 0.317 e. The quantitative estimate of drug-likeness (QED) is 0.848. The van der Waals surface area contributed by atoms with Crippen molar-refractivity contribution < 1.29 is 13.2 Å². The third-order valence-corrected chi connectivity index (χ3v) is 4.98. The highest BCUT2D eigenvalue weighted by Crippen LogP contribution is 2.16. The van der Waals surface area contributed by atoms with Gasteiger partial charge in [-0.3, -0.25) is 0 Å². The summed E-state index contributed by atoms with van der Waals surface area (Å²) in [5, 5.41) is 8.03. The Kier molecular flexibility index (Phi) is 5.61. The first-order chi connectivity index (χ1) is 10.8. The number of carbonyl (C=O) groups excluding carboxylic acids is 1. The minimum Gasteiger partial charge on any atom is -0.331 e. The van der Waals surface area contributed by atoms with E-state index in [0.717, 1.165) is 31.6 Å². The molecule has 23 heavy (non-hydrogen) atoms. The fraction of sp³-hybridized carbons (Fsp3) is 0.533. The average Bonchev–Trinajstić information content (AvgIpc) is 2.71. The molecular weight excluding hydrogens is 316 g/mol. The van der Waals surface area contributed by atoms with Gasteiger partial charge in [0.15, 0.2) is 0 Å². The van der Waals surface area contributed by atoms with Gasteiger partial charge in [0.2, 0.25) is 10.0 Å². The zero-order valence-electron chi connectivity index (χ0n) is 13.5. The minimum absolute atomic E-state index is 0.0651. The molecule has 3 N–H and O–H groups in total. The summed E-state index contributed by atoms with van der Waals surface area (Å²) in [6.07, 6.45) is 0.960. The monoisotopic (exact) mass is 340 g/mol. The summed E-state index contributed by atoms with van der Waals surface area (Å²) in [4.78, 5) is 16.4. The molecule has 2 amide bonds. The first-order valence-corrected chi connectivity index (χ1v) is 9.19. The van der Waals surface area contributed by atoms with E-state index in [1.165, 1.54) is 12.1 Å². The summed E-state index contributed by atoms with van der Waals surface area (Å²) in [6.45, 7) is 5.18. The normalized spacial score (nSPS) is 18.3. The van der Waals surface area contributed by atoms with E-state index in [1.54, 1.807) is 12.1 Å². The number of rotatable bonds is 3. The van der Waals surface area contributed by atoms with Gasteiger partial charge in [-0.1, -0.05) is 12.1 Å². The van der Waals surface area contributed by atoms with Crippen LogP contribution in [0, 0.1) is 0 Å². The number of primary sulfonamides is 1. The molecule has 0 bridgehead atoms. The molecule has 1 aliphatic heterocycles. The average molecular weight is 340 g/mol. The molecule has 0 aromatic heterocycles. The lowest BCUT2D eigenvalue weighted by molar-refractivity contribution is 0.196. The van der Waals surface area contributed by atoms with E-state index in [2.05, 4.69) is 17.3 Å². The number of nitrogens with two attached hydrogens (primary N) is 1. The van der Waals surface area contributed by atoms with E-state index < -0.39 is 10.0 Å². The van der Waals surface area contributed by atoms with Crippen LogP contribution in [0.25, 0.3) is 0 Å². The Morgan fingerprint density at radius 1 is 1.17 bits per heavy atom. The van der Waals surface area contributed by atoms with Crippen LogP contribution in [0.1, 0.15) is 24.9 Å². The molecular formula is C15H24N4O3S. The summed E-state index contributed by atoms with van der Waals surface area (Å²) in [7, 11) is -1.64. The van der Waals surface area contributed by atoms with Crippen LogP contribution in [0.5, 0.6) is 0 Å². The van der Waals surface area contributed by atoms with Crippen molar-refractivity contribution in [1.29, 1.82) is 0 Å². The van der Waals surface area contributed by atoms with E-state index >= 15 is 0 Å². The Labute approximate surface area is 137 Å². The lowest BCUT2D eigenvalue weighted by Gasteiger charge is -2.24. The SMILES string of the molecule is C[C@@H](NC(=O)N1CCCN(C)CC1)c1ccc(S(N)(=O)=O)cc1. The van der Waals surface area contributed by atoms with Gasteiger partial charge in [0.25, 0.3) is 0 Å². The standard InChI is InChI=1S/C15H24N4O3S/c1-12(13-4-6-14(7-5-13)23(16,21)22)17-15(20)19-9-3-8-18(2)10-11-19/h4-7,12H,3,8-11H2,1-2H3,(H,17,20)(H2,16,21,22)/t12-/m1/s1. The number of amides is 2. The van der Waals surface area contributed by atoms with E-state index in [1.807, 2.05) is 11.8 Å². The molecule has 1 fully saturated rings. The predicted molar refractivity (Wildman–Crippen MR) is 88.4 cm³/mol. The van der Waals surface area contributed by atoms with E-state index in [4.69, 9.17) is 5.14 Å². The lowest BCUT2D eigenvalue weighted by atomic mass is 10.1. The summed E-state index contributed by atoms with van der Waals surface area (Å²) in [6, 6.07) is 5.94. The zero-order chi connectivity index (χ0) is 17.0. The van der Waals surface area contributed by atoms with E-state index in [-0.39, 0.29) is 17.0 Å². The molecule has 0 unspecified atom stereocenters. The number of nitrogens with one attached hydrogen (secondary N) is 1. The molecule has 0 spiro atoms. The Bertz CT molecular complexity index is 645. The lowest BCUT2D eigenvalue weighted by Crippen LogP contribution is -2.42. The molecule has 1 saturated heterocycles. The Morgan fingerprint density at radius 2 is 1.83 bits per heavy atom. The second-order valence-electron chi connectivity index (χ2n) is 5.93. The summed E-state index contributed by atoms with van der Waals surface area (Å²) in [5.74, 6) is 0. The number of hydrogen-bond donors (Lipinski definition) is 2. The van der Waals surface area contributed by atoms with Gasteiger partial charge < -0.3 is 15.1 Å². The van der Waals surface area contributed by atoms with Crippen molar-refractivity contribution in [2.24, 2.45) is 5.14 Å². The third kappa shape index (κ3) is 4.92. The molecule has 1 heterocycles. The van der Waals surface area contributed by atoms with Gasteiger partial charge in [-0.15, -0.1) is 0 Å². The van der Waals surface area contributed by atoms with E-state index in [9.17, 15) is 13.2 Å². The largest absolute Gasteiger partial charge is 0.331 e. The van der Waals surface area contributed by atoms with Gasteiger partial charge >= 0.3 is 6.03 Å². The number of likely N-dealkylation sites (N-methyl/N-ethyl adjacent to an activating group) is 1. The Morgan fingerprint density at radius 3 is 2.43 bits per heavy atom. The van der Waals surface area contributed by atoms with Crippen LogP contribution >= 0.6 is 0 Å². The third-order valence-electron chi connectivity index (χ3n) is 4.06. The van der Waals surface area contributed by atoms with Crippen LogP contribution in [0.15, 0.2) is 29.2 Å². The van der Waals surface area contributed by atoms with E-state index in [0.29, 0.717) is 6.54 Å². The Balaban J connectivity index is 1.98. The molecule has 2 rings (SSSR count). The summed E-state index contributed by atoms with van der Waals surface area (Å²) >= 11 is 0. The number of hydrogen-bond acceptors (Lipinski definition) is 4. The van der Waals surface area contributed by atoms with Crippen LogP contribution in [0.3, 0.4) is 0 Å². The predicted octanol–water partition coefficient (Wildman–Crippen LogP) is 0.742. The van der Waals surface area contributed by atoms with Gasteiger partial charge in [-0.2, -0.15) is 0 Å². The highest BCUT2D eigenvalue weighted by molar-refractivity contribution is 7.89. The molecule has 1 aromatic carbocycles. The number of urea groups is 1. The number of sulfonamides is 1. The molecule has 0 aliphatic carbocycles. The zero-order valence-corrected chi connectivity index (χ0v) is 14.3. The van der Waals surface area contributed by atoms with Crippen LogP contribution in [-0.2, 0) is 10.0 Å². The molecule has 1 atom stereocenters. The van der Waals surface area contributed by atoms with Crippen molar-refractivity contribution in [3.05, 3.63) is 29.8 Å². The van der Waals surface area contributed by atoms with Crippen LogP contribution in [0.2, 0.25) is 0 Å². The van der Waals surface area contributed by atoms with Crippen LogP contribution < -0.4 is 10.5 Å². The van der Waals surface area contributed by atoms with Crippen molar-refractivity contribution >= 4 is 16.1 Å². The van der Waals surface area contributed by atoms with Crippen molar-refractivity contribution in [1.82, 2.24) is 15.1 Å². The van der Waals surface area contributed by atoms with Crippen molar-refractivity contribution in [2.45, 2.75) is 24.3 Å². The van der Waals surface area contributed by atoms with Crippen molar-refractivity contribution in [2.75, 3.05) is 33.2 Å². The molecule has 0 saturated carbocycles. The molecule has 0 radical (unpaired) electrons. The highest BCUT2D eigenvalue weighted by Gasteiger charge is 2.19. The fourth-order valence-electron chi connectivity index (χ4n) is 2.56. The van der Waals surface area contributed by atoms with Crippen molar-refractivity contribution in [3.63, 3.8) is 0 Å². The minimum atomic E-state index is -3.69. The Hall–Kier alpha value is -1.64.